The lowest BCUT2D eigenvalue weighted by Gasteiger charge is -2.14. The molecule has 22 heavy (non-hydrogen) atoms. The molecule has 0 saturated heterocycles. The van der Waals surface area contributed by atoms with E-state index in [0.717, 1.165) is 12.1 Å². The first-order chi connectivity index (χ1) is 10.1. The number of nitrogens with one attached hydrogen (secondary N) is 2. The maximum absolute atomic E-state index is 12.4. The number of benzene rings is 1. The Labute approximate surface area is 127 Å². The van der Waals surface area contributed by atoms with Crippen LogP contribution in [0, 0.1) is 0 Å². The van der Waals surface area contributed by atoms with Crippen LogP contribution in [-0.2, 0) is 21.0 Å². The van der Waals surface area contributed by atoms with E-state index in [1.807, 2.05) is 6.92 Å². The van der Waals surface area contributed by atoms with E-state index < -0.39 is 33.7 Å². The average Bonchev–Trinajstić information content (AvgIpc) is 2.43. The van der Waals surface area contributed by atoms with Crippen LogP contribution in [0.25, 0.3) is 0 Å². The second-order valence-corrected chi connectivity index (χ2v) is 6.37. The Hall–Kier alpha value is -1.61. The van der Waals surface area contributed by atoms with Gasteiger partial charge in [-0.2, -0.15) is 17.9 Å². The third kappa shape index (κ3) is 4.99. The molecular formula is C13H17F3N2O3S. The summed E-state index contributed by atoms with van der Waals surface area (Å²) < 4.78 is 63.4. The Balaban J connectivity index is 2.84. The molecular weight excluding hydrogens is 321 g/mol. The summed E-state index contributed by atoms with van der Waals surface area (Å²) in [7, 11) is -4.07. The molecule has 0 heterocycles. The summed E-state index contributed by atoms with van der Waals surface area (Å²) >= 11 is 0. The van der Waals surface area contributed by atoms with E-state index in [2.05, 4.69) is 10.0 Å². The van der Waals surface area contributed by atoms with Crippen molar-refractivity contribution in [3.63, 3.8) is 0 Å². The zero-order chi connectivity index (χ0) is 17.0. The van der Waals surface area contributed by atoms with Gasteiger partial charge in [-0.25, -0.2) is 8.42 Å². The van der Waals surface area contributed by atoms with Crippen LogP contribution in [0.1, 0.15) is 25.8 Å². The Bertz CT molecular complexity index is 612. The minimum Gasteiger partial charge on any atom is -0.355 e. The number of hydrogen-bond donors (Lipinski definition) is 2. The lowest BCUT2D eigenvalue weighted by molar-refractivity contribution is -0.137. The molecule has 0 aliphatic carbocycles. The number of sulfonamides is 1. The third-order valence-electron chi connectivity index (χ3n) is 2.77. The van der Waals surface area contributed by atoms with Gasteiger partial charge in [0.25, 0.3) is 0 Å². The number of carbonyl (C=O) groups is 1. The topological polar surface area (TPSA) is 75.3 Å². The standard InChI is InChI=1S/C13H17F3N2O3S/c1-3-8-17-12(19)9(2)18-22(20,21)11-6-4-10(5-7-11)13(14,15)16/h4-7,9,18H,3,8H2,1-2H3,(H,17,19)/t9-/m1/s1. The van der Waals surface area contributed by atoms with Crippen molar-refractivity contribution in [2.24, 2.45) is 0 Å². The van der Waals surface area contributed by atoms with E-state index in [0.29, 0.717) is 25.1 Å². The van der Waals surface area contributed by atoms with Gasteiger partial charge in [0.1, 0.15) is 0 Å². The first-order valence-corrected chi connectivity index (χ1v) is 8.03. The van der Waals surface area contributed by atoms with Crippen LogP contribution in [0.15, 0.2) is 29.2 Å². The molecule has 0 aromatic heterocycles. The molecule has 0 spiro atoms. The molecule has 0 aliphatic heterocycles. The molecule has 1 amide bonds. The van der Waals surface area contributed by atoms with Crippen LogP contribution < -0.4 is 10.0 Å². The number of amides is 1. The van der Waals surface area contributed by atoms with Crippen molar-refractivity contribution < 1.29 is 26.4 Å². The highest BCUT2D eigenvalue weighted by atomic mass is 32.2. The van der Waals surface area contributed by atoms with Crippen molar-refractivity contribution in [1.82, 2.24) is 10.0 Å². The Morgan fingerprint density at radius 2 is 1.77 bits per heavy atom. The van der Waals surface area contributed by atoms with Crippen LogP contribution in [0.4, 0.5) is 13.2 Å². The molecule has 0 fully saturated rings. The molecule has 1 aromatic rings. The normalized spacial score (nSPS) is 13.7. The fraction of sp³-hybridized carbons (Fsp3) is 0.462. The third-order valence-corrected chi connectivity index (χ3v) is 4.32. The minimum absolute atomic E-state index is 0.337. The molecule has 1 rings (SSSR count). The molecule has 0 radical (unpaired) electrons. The van der Waals surface area contributed by atoms with Gasteiger partial charge in [0, 0.05) is 6.54 Å². The predicted octanol–water partition coefficient (Wildman–Crippen LogP) is 1.90. The first kappa shape index (κ1) is 18.4. The number of halogens is 3. The van der Waals surface area contributed by atoms with E-state index in [1.165, 1.54) is 6.92 Å². The van der Waals surface area contributed by atoms with Gasteiger partial charge in [-0.3, -0.25) is 4.79 Å². The summed E-state index contributed by atoms with van der Waals surface area (Å²) in [5, 5.41) is 2.52. The smallest absolute Gasteiger partial charge is 0.355 e. The Kier molecular flexibility index (Phi) is 5.95. The maximum Gasteiger partial charge on any atom is 0.416 e. The molecule has 1 aromatic carbocycles. The van der Waals surface area contributed by atoms with Crippen LogP contribution in [0.3, 0.4) is 0 Å². The van der Waals surface area contributed by atoms with Gasteiger partial charge in [-0.05, 0) is 37.6 Å². The van der Waals surface area contributed by atoms with Gasteiger partial charge < -0.3 is 5.32 Å². The van der Waals surface area contributed by atoms with Gasteiger partial charge in [0.2, 0.25) is 15.9 Å². The van der Waals surface area contributed by atoms with Crippen molar-refractivity contribution in [2.75, 3.05) is 6.54 Å². The lowest BCUT2D eigenvalue weighted by atomic mass is 10.2. The highest BCUT2D eigenvalue weighted by Crippen LogP contribution is 2.29. The van der Waals surface area contributed by atoms with Crippen LogP contribution in [0.2, 0.25) is 0 Å². The van der Waals surface area contributed by atoms with Crippen LogP contribution in [-0.4, -0.2) is 26.9 Å². The molecule has 0 unspecified atom stereocenters. The summed E-state index contributed by atoms with van der Waals surface area (Å²) in [5.41, 5.74) is -0.944. The summed E-state index contributed by atoms with van der Waals surface area (Å²) in [5.74, 6) is -0.502. The van der Waals surface area contributed by atoms with Crippen LogP contribution >= 0.6 is 0 Å². The van der Waals surface area contributed by atoms with Crippen molar-refractivity contribution in [2.45, 2.75) is 37.4 Å². The molecule has 2 N–H and O–H groups in total. The molecule has 124 valence electrons. The second-order valence-electron chi connectivity index (χ2n) is 4.66. The Morgan fingerprint density at radius 1 is 1.23 bits per heavy atom. The van der Waals surface area contributed by atoms with Crippen molar-refractivity contribution in [3.05, 3.63) is 29.8 Å². The van der Waals surface area contributed by atoms with E-state index >= 15 is 0 Å². The SMILES string of the molecule is CCCNC(=O)[C@@H](C)NS(=O)(=O)c1ccc(C(F)(F)F)cc1. The summed E-state index contributed by atoms with van der Waals surface area (Å²) in [4.78, 5) is 11.3. The van der Waals surface area contributed by atoms with Crippen LogP contribution in [0.5, 0.6) is 0 Å². The average molecular weight is 338 g/mol. The van der Waals surface area contributed by atoms with E-state index in [-0.39, 0.29) is 4.90 Å². The summed E-state index contributed by atoms with van der Waals surface area (Å²) in [6.45, 7) is 3.61. The van der Waals surface area contributed by atoms with E-state index in [1.54, 1.807) is 0 Å². The fourth-order valence-corrected chi connectivity index (χ4v) is 2.78. The zero-order valence-electron chi connectivity index (χ0n) is 12.1. The molecule has 0 aliphatic rings. The monoisotopic (exact) mass is 338 g/mol. The number of hydrogen-bond acceptors (Lipinski definition) is 3. The largest absolute Gasteiger partial charge is 0.416 e. The highest BCUT2D eigenvalue weighted by Gasteiger charge is 2.31. The van der Waals surface area contributed by atoms with Crippen molar-refractivity contribution in [3.8, 4) is 0 Å². The van der Waals surface area contributed by atoms with Gasteiger partial charge in [-0.15, -0.1) is 0 Å². The van der Waals surface area contributed by atoms with Crippen molar-refractivity contribution >= 4 is 15.9 Å². The second kappa shape index (κ2) is 7.10. The van der Waals surface area contributed by atoms with Gasteiger partial charge in [-0.1, -0.05) is 6.92 Å². The number of alkyl halides is 3. The van der Waals surface area contributed by atoms with Gasteiger partial charge in [0.05, 0.1) is 16.5 Å². The summed E-state index contributed by atoms with van der Waals surface area (Å²) in [6.07, 6.45) is -3.84. The Morgan fingerprint density at radius 3 is 2.23 bits per heavy atom. The van der Waals surface area contributed by atoms with E-state index in [4.69, 9.17) is 0 Å². The zero-order valence-corrected chi connectivity index (χ0v) is 12.9. The quantitative estimate of drug-likeness (QED) is 0.832. The fourth-order valence-electron chi connectivity index (χ4n) is 1.58. The molecule has 1 atom stereocenters. The first-order valence-electron chi connectivity index (χ1n) is 6.55. The number of carbonyl (C=O) groups excluding carboxylic acids is 1. The number of rotatable bonds is 6. The minimum atomic E-state index is -4.54. The lowest BCUT2D eigenvalue weighted by Crippen LogP contribution is -2.44. The van der Waals surface area contributed by atoms with Gasteiger partial charge in [0.15, 0.2) is 0 Å². The molecule has 0 bridgehead atoms. The maximum atomic E-state index is 12.4. The summed E-state index contributed by atoms with van der Waals surface area (Å²) in [6, 6.07) is 2.02. The predicted molar refractivity (Wildman–Crippen MR) is 74.5 cm³/mol. The van der Waals surface area contributed by atoms with E-state index in [9.17, 15) is 26.4 Å². The van der Waals surface area contributed by atoms with Gasteiger partial charge >= 0.3 is 6.18 Å². The molecule has 5 nitrogen and oxygen atoms in total. The molecule has 0 saturated carbocycles. The van der Waals surface area contributed by atoms with Crippen molar-refractivity contribution in [1.29, 1.82) is 0 Å². The molecule has 9 heteroatoms. The highest BCUT2D eigenvalue weighted by molar-refractivity contribution is 7.89.